The van der Waals surface area contributed by atoms with Gasteiger partial charge >= 0.3 is 6.03 Å². The molecule has 0 fully saturated rings. The number of hydrogen-bond donors (Lipinski definition) is 3. The van der Waals surface area contributed by atoms with Crippen LogP contribution >= 0.6 is 0 Å². The van der Waals surface area contributed by atoms with Crippen molar-refractivity contribution >= 4 is 21.9 Å². The van der Waals surface area contributed by atoms with Gasteiger partial charge in [0.25, 0.3) is 0 Å². The minimum Gasteiger partial charge on any atom is -0.338 e. The van der Waals surface area contributed by atoms with E-state index in [-0.39, 0.29) is 22.7 Å². The van der Waals surface area contributed by atoms with Crippen LogP contribution in [0.2, 0.25) is 0 Å². The molecule has 1 aromatic heterocycles. The van der Waals surface area contributed by atoms with Crippen LogP contribution in [0.25, 0.3) is 0 Å². The number of sulfonamides is 1. The van der Waals surface area contributed by atoms with E-state index >= 15 is 0 Å². The average Bonchev–Trinajstić information content (AvgIpc) is 2.91. The number of carbonyl (C=O) groups is 1. The molecule has 0 aromatic carbocycles. The number of anilines is 1. The zero-order valence-corrected chi connectivity index (χ0v) is 17.7. The average molecular weight is 388 g/mol. The number of amides is 2. The van der Waals surface area contributed by atoms with E-state index in [1.807, 2.05) is 31.5 Å². The molecule has 0 radical (unpaired) electrons. The molecule has 0 unspecified atom stereocenters. The highest BCUT2D eigenvalue weighted by molar-refractivity contribution is 7.89. The summed E-state index contributed by atoms with van der Waals surface area (Å²) in [6, 6.07) is 1.55. The van der Waals surface area contributed by atoms with Gasteiger partial charge in [-0.2, -0.15) is 5.10 Å². The molecule has 26 heavy (non-hydrogen) atoms. The van der Waals surface area contributed by atoms with Crippen molar-refractivity contribution in [3.05, 3.63) is 11.8 Å². The fourth-order valence-corrected chi connectivity index (χ4v) is 2.79. The van der Waals surface area contributed by atoms with Crippen molar-refractivity contribution in [1.82, 2.24) is 19.8 Å². The van der Waals surface area contributed by atoms with Gasteiger partial charge in [-0.05, 0) is 34.1 Å². The quantitative estimate of drug-likeness (QED) is 0.625. The lowest BCUT2D eigenvalue weighted by molar-refractivity contribution is 0.251. The van der Waals surface area contributed by atoms with Gasteiger partial charge in [-0.15, -0.1) is 0 Å². The minimum atomic E-state index is -3.19. The number of nitrogens with one attached hydrogen (secondary N) is 3. The summed E-state index contributed by atoms with van der Waals surface area (Å²) in [5.74, 6) is 0.681. The zero-order valence-electron chi connectivity index (χ0n) is 16.9. The number of carbonyl (C=O) groups excluding carboxylic acids is 1. The normalized spacial score (nSPS) is 12.9. The van der Waals surface area contributed by atoms with Gasteiger partial charge in [-0.3, -0.25) is 5.32 Å². The summed E-state index contributed by atoms with van der Waals surface area (Å²) in [6.07, 6.45) is 0.512. The lowest BCUT2D eigenvalue weighted by atomic mass is 9.92. The Labute approximate surface area is 157 Å². The Balaban J connectivity index is 2.65. The summed E-state index contributed by atoms with van der Waals surface area (Å²) in [6.45, 7) is 14.5. The first-order valence-electron chi connectivity index (χ1n) is 8.89. The third kappa shape index (κ3) is 6.95. The zero-order chi connectivity index (χ0) is 20.2. The molecule has 3 N–H and O–H groups in total. The molecule has 0 aliphatic carbocycles. The van der Waals surface area contributed by atoms with Crippen LogP contribution in [0.3, 0.4) is 0 Å². The molecular formula is C17H33N5O3S. The van der Waals surface area contributed by atoms with Crippen molar-refractivity contribution in [1.29, 1.82) is 0 Å². The molecule has 1 rings (SSSR count). The minimum absolute atomic E-state index is 0.0494. The van der Waals surface area contributed by atoms with Crippen LogP contribution in [0, 0.1) is 0 Å². The first-order valence-corrected chi connectivity index (χ1v) is 10.5. The highest BCUT2D eigenvalue weighted by Gasteiger charge is 2.25. The van der Waals surface area contributed by atoms with Crippen LogP contribution in [0.4, 0.5) is 10.6 Å². The number of hydrogen-bond acceptors (Lipinski definition) is 4. The number of urea groups is 1. The lowest BCUT2D eigenvalue weighted by Gasteiger charge is -2.23. The summed E-state index contributed by atoms with van der Waals surface area (Å²) in [5.41, 5.74) is 0.501. The summed E-state index contributed by atoms with van der Waals surface area (Å²) in [7, 11) is -3.19. The molecule has 0 bridgehead atoms. The van der Waals surface area contributed by atoms with E-state index < -0.39 is 10.0 Å². The molecule has 0 aliphatic heterocycles. The van der Waals surface area contributed by atoms with Crippen LogP contribution in [-0.2, 0) is 21.0 Å². The van der Waals surface area contributed by atoms with Crippen LogP contribution < -0.4 is 15.4 Å². The molecule has 1 heterocycles. The highest BCUT2D eigenvalue weighted by atomic mass is 32.2. The van der Waals surface area contributed by atoms with Gasteiger partial charge in [-0.25, -0.2) is 22.6 Å². The van der Waals surface area contributed by atoms with Crippen molar-refractivity contribution in [2.24, 2.45) is 0 Å². The second-order valence-electron chi connectivity index (χ2n) is 8.28. The monoisotopic (exact) mass is 387 g/mol. The van der Waals surface area contributed by atoms with E-state index in [1.165, 1.54) is 0 Å². The molecule has 8 nitrogen and oxygen atoms in total. The fourth-order valence-electron chi connectivity index (χ4n) is 2.13. The summed E-state index contributed by atoms with van der Waals surface area (Å²) in [4.78, 5) is 12.2. The fraction of sp³-hybridized carbons (Fsp3) is 0.765. The molecule has 0 saturated heterocycles. The van der Waals surface area contributed by atoms with Crippen LogP contribution in [0.5, 0.6) is 0 Å². The molecule has 1 aromatic rings. The van der Waals surface area contributed by atoms with Gasteiger partial charge in [-0.1, -0.05) is 20.8 Å². The third-order valence-electron chi connectivity index (χ3n) is 3.70. The topological polar surface area (TPSA) is 105 Å². The maximum absolute atomic E-state index is 12.2. The number of rotatable bonds is 7. The summed E-state index contributed by atoms with van der Waals surface area (Å²) in [5, 5.41) is 10.2. The van der Waals surface area contributed by atoms with Gasteiger partial charge in [0.1, 0.15) is 5.82 Å². The van der Waals surface area contributed by atoms with Crippen LogP contribution in [-0.4, -0.2) is 43.1 Å². The number of nitrogens with zero attached hydrogens (tertiary/aromatic N) is 2. The molecule has 0 aliphatic rings. The van der Waals surface area contributed by atoms with Crippen molar-refractivity contribution in [2.75, 3.05) is 24.2 Å². The molecule has 9 heteroatoms. The van der Waals surface area contributed by atoms with Crippen molar-refractivity contribution in [2.45, 2.75) is 65.8 Å². The van der Waals surface area contributed by atoms with Crippen LogP contribution in [0.15, 0.2) is 6.07 Å². The molecule has 0 saturated carbocycles. The Morgan fingerprint density at radius 3 is 2.27 bits per heavy atom. The standard InChI is InChI=1S/C17H33N5O3S/c1-8-26(24,25)19-11-9-10-18-15(23)20-14-12-13(16(2,3)4)21-22(14)17(5,6)7/h12,19H,8-11H2,1-7H3,(H2,18,20,23). The first-order chi connectivity index (χ1) is 11.8. The molecule has 0 atom stereocenters. The first kappa shape index (κ1) is 22.4. The van der Waals surface area contributed by atoms with E-state index in [1.54, 1.807) is 6.92 Å². The van der Waals surface area contributed by atoms with Gasteiger partial charge in [0.05, 0.1) is 17.0 Å². The van der Waals surface area contributed by atoms with E-state index in [0.29, 0.717) is 25.3 Å². The van der Waals surface area contributed by atoms with E-state index in [9.17, 15) is 13.2 Å². The largest absolute Gasteiger partial charge is 0.338 e. The Morgan fingerprint density at radius 1 is 1.15 bits per heavy atom. The van der Waals surface area contributed by atoms with E-state index in [2.05, 4.69) is 41.2 Å². The van der Waals surface area contributed by atoms with Gasteiger partial charge < -0.3 is 5.32 Å². The van der Waals surface area contributed by atoms with Gasteiger partial charge in [0, 0.05) is 24.6 Å². The predicted octanol–water partition coefficient (Wildman–Crippen LogP) is 2.39. The second kappa shape index (κ2) is 8.39. The SMILES string of the molecule is CCS(=O)(=O)NCCCNC(=O)Nc1cc(C(C)(C)C)nn1C(C)(C)C. The van der Waals surface area contributed by atoms with Crippen molar-refractivity contribution in [3.63, 3.8) is 0 Å². The Hall–Kier alpha value is -1.61. The van der Waals surface area contributed by atoms with Gasteiger partial charge in [0.2, 0.25) is 10.0 Å². The Morgan fingerprint density at radius 2 is 1.77 bits per heavy atom. The predicted molar refractivity (Wildman–Crippen MR) is 105 cm³/mol. The lowest BCUT2D eigenvalue weighted by Crippen LogP contribution is -2.34. The maximum atomic E-state index is 12.2. The van der Waals surface area contributed by atoms with Gasteiger partial charge in [0.15, 0.2) is 0 Å². The van der Waals surface area contributed by atoms with E-state index in [0.717, 1.165) is 5.69 Å². The maximum Gasteiger partial charge on any atom is 0.320 e. The number of aromatic nitrogens is 2. The highest BCUT2D eigenvalue weighted by Crippen LogP contribution is 2.28. The molecule has 0 spiro atoms. The van der Waals surface area contributed by atoms with Crippen molar-refractivity contribution in [3.8, 4) is 0 Å². The molecule has 2 amide bonds. The summed E-state index contributed by atoms with van der Waals surface area (Å²) >= 11 is 0. The van der Waals surface area contributed by atoms with E-state index in [4.69, 9.17) is 0 Å². The smallest absolute Gasteiger partial charge is 0.320 e. The van der Waals surface area contributed by atoms with Crippen LogP contribution in [0.1, 0.15) is 60.6 Å². The Kier molecular flexibility index (Phi) is 7.24. The molecular weight excluding hydrogens is 354 g/mol. The summed E-state index contributed by atoms with van der Waals surface area (Å²) < 4.78 is 26.9. The third-order valence-corrected chi connectivity index (χ3v) is 5.10. The Bertz CT molecular complexity index is 712. The molecule has 150 valence electrons. The van der Waals surface area contributed by atoms with Crippen molar-refractivity contribution < 1.29 is 13.2 Å². The second-order valence-corrected chi connectivity index (χ2v) is 10.4.